The van der Waals surface area contributed by atoms with Crippen LogP contribution in [0.3, 0.4) is 0 Å². The minimum absolute atomic E-state index is 0.229. The van der Waals surface area contributed by atoms with Crippen molar-refractivity contribution in [1.82, 2.24) is 0 Å². The molecule has 0 bridgehead atoms. The second-order valence-electron chi connectivity index (χ2n) is 5.00. The monoisotopic (exact) mass is 220 g/mol. The number of hydrogen-bond donors (Lipinski definition) is 0. The lowest BCUT2D eigenvalue weighted by atomic mass is 9.66. The van der Waals surface area contributed by atoms with E-state index in [4.69, 9.17) is 0 Å². The molecule has 0 N–H and O–H groups in total. The maximum atomic E-state index is 2.40. The first kappa shape index (κ1) is 10.3. The molecule has 1 aliphatic rings. The van der Waals surface area contributed by atoms with E-state index in [1.807, 2.05) is 0 Å². The Hall–Kier alpha value is -1.82. The fourth-order valence-electron chi connectivity index (χ4n) is 2.59. The van der Waals surface area contributed by atoms with E-state index in [1.54, 1.807) is 0 Å². The Kier molecular flexibility index (Phi) is 2.36. The number of allylic oxidation sites excluding steroid dienone is 2. The molecule has 0 aliphatic heterocycles. The van der Waals surface area contributed by atoms with Crippen LogP contribution in [-0.2, 0) is 5.41 Å². The summed E-state index contributed by atoms with van der Waals surface area (Å²) in [6.07, 6.45) is 3.54. The Morgan fingerprint density at radius 3 is 1.94 bits per heavy atom. The van der Waals surface area contributed by atoms with Crippen molar-refractivity contribution in [2.24, 2.45) is 0 Å². The summed E-state index contributed by atoms with van der Waals surface area (Å²) >= 11 is 0. The summed E-state index contributed by atoms with van der Waals surface area (Å²) < 4.78 is 0. The molecule has 0 radical (unpaired) electrons. The average Bonchev–Trinajstić information content (AvgIpc) is 2.37. The third kappa shape index (κ3) is 1.80. The number of hydrogen-bond acceptors (Lipinski definition) is 0. The van der Waals surface area contributed by atoms with Crippen molar-refractivity contribution in [2.45, 2.75) is 18.8 Å². The van der Waals surface area contributed by atoms with Gasteiger partial charge in [0.05, 0.1) is 0 Å². The van der Waals surface area contributed by atoms with Crippen LogP contribution in [0.1, 0.15) is 24.5 Å². The summed E-state index contributed by atoms with van der Waals surface area (Å²) in [4.78, 5) is 0. The van der Waals surface area contributed by atoms with Crippen LogP contribution in [-0.4, -0.2) is 0 Å². The second-order valence-corrected chi connectivity index (χ2v) is 5.00. The third-order valence-electron chi connectivity index (χ3n) is 3.63. The normalized spacial score (nSPS) is 22.8. The molecule has 0 heteroatoms. The van der Waals surface area contributed by atoms with Crippen molar-refractivity contribution < 1.29 is 0 Å². The van der Waals surface area contributed by atoms with Crippen LogP contribution >= 0.6 is 0 Å². The highest BCUT2D eigenvalue weighted by atomic mass is 14.4. The number of rotatable bonds is 2. The molecule has 2 aromatic carbocycles. The van der Waals surface area contributed by atoms with Crippen LogP contribution in [0, 0.1) is 0 Å². The highest BCUT2D eigenvalue weighted by molar-refractivity contribution is 5.75. The van der Waals surface area contributed by atoms with Gasteiger partial charge in [-0.1, -0.05) is 73.7 Å². The van der Waals surface area contributed by atoms with Crippen LogP contribution < -0.4 is 0 Å². The summed E-state index contributed by atoms with van der Waals surface area (Å²) in [5.74, 6) is 0. The first-order valence-electron chi connectivity index (χ1n) is 6.11. The fourth-order valence-corrected chi connectivity index (χ4v) is 2.59. The Labute approximate surface area is 103 Å². The maximum absolute atomic E-state index is 2.40. The van der Waals surface area contributed by atoms with Gasteiger partial charge in [-0.05, 0) is 23.1 Å². The lowest BCUT2D eigenvalue weighted by molar-refractivity contribution is 0.570. The molecule has 0 spiro atoms. The van der Waals surface area contributed by atoms with Crippen molar-refractivity contribution in [3.8, 4) is 0 Å². The molecule has 17 heavy (non-hydrogen) atoms. The summed E-state index contributed by atoms with van der Waals surface area (Å²) in [6, 6.07) is 21.4. The molecule has 2 aromatic rings. The van der Waals surface area contributed by atoms with Crippen molar-refractivity contribution in [1.29, 1.82) is 0 Å². The van der Waals surface area contributed by atoms with E-state index in [1.165, 1.54) is 16.7 Å². The highest BCUT2D eigenvalue weighted by Crippen LogP contribution is 2.45. The van der Waals surface area contributed by atoms with Crippen LogP contribution in [0.4, 0.5) is 0 Å². The predicted molar refractivity (Wildman–Crippen MR) is 72.8 cm³/mol. The standard InChI is InChI=1S/C17H16/c1-17(16-10-6-3-7-11-16)12-15(13-17)14-8-4-2-5-9-14/h2-12H,13H2,1H3. The predicted octanol–water partition coefficient (Wildman–Crippen LogP) is 4.43. The van der Waals surface area contributed by atoms with E-state index < -0.39 is 0 Å². The maximum Gasteiger partial charge on any atom is 0.0150 e. The SMILES string of the molecule is CC1(c2ccccc2)C=C(c2ccccc2)C1. The van der Waals surface area contributed by atoms with Crippen molar-refractivity contribution in [3.05, 3.63) is 77.9 Å². The zero-order valence-electron chi connectivity index (χ0n) is 10.1. The zero-order chi connectivity index (χ0) is 11.7. The molecule has 0 saturated carbocycles. The molecule has 0 fully saturated rings. The molecule has 0 heterocycles. The van der Waals surface area contributed by atoms with Crippen molar-refractivity contribution in [3.63, 3.8) is 0 Å². The Bertz CT molecular complexity index is 537. The van der Waals surface area contributed by atoms with Gasteiger partial charge in [-0.3, -0.25) is 0 Å². The average molecular weight is 220 g/mol. The van der Waals surface area contributed by atoms with Gasteiger partial charge in [0.25, 0.3) is 0 Å². The van der Waals surface area contributed by atoms with Crippen molar-refractivity contribution >= 4 is 5.57 Å². The van der Waals surface area contributed by atoms with Gasteiger partial charge in [0.2, 0.25) is 0 Å². The molecule has 1 aliphatic carbocycles. The molecule has 0 amide bonds. The molecular formula is C17H16. The summed E-state index contributed by atoms with van der Waals surface area (Å²) in [5, 5.41) is 0. The second kappa shape index (κ2) is 3.89. The van der Waals surface area contributed by atoms with Gasteiger partial charge in [-0.2, -0.15) is 0 Å². The van der Waals surface area contributed by atoms with Crippen LogP contribution in [0.2, 0.25) is 0 Å². The zero-order valence-corrected chi connectivity index (χ0v) is 10.1. The highest BCUT2D eigenvalue weighted by Gasteiger charge is 2.33. The van der Waals surface area contributed by atoms with Gasteiger partial charge in [-0.15, -0.1) is 0 Å². The van der Waals surface area contributed by atoms with E-state index in [0.29, 0.717) is 0 Å². The molecule has 1 unspecified atom stereocenters. The van der Waals surface area contributed by atoms with Gasteiger partial charge in [0.1, 0.15) is 0 Å². The van der Waals surface area contributed by atoms with Gasteiger partial charge in [-0.25, -0.2) is 0 Å². The van der Waals surface area contributed by atoms with E-state index in [0.717, 1.165) is 6.42 Å². The van der Waals surface area contributed by atoms with E-state index >= 15 is 0 Å². The van der Waals surface area contributed by atoms with Crippen LogP contribution in [0.25, 0.3) is 5.57 Å². The lowest BCUT2D eigenvalue weighted by Crippen LogP contribution is -2.27. The molecule has 0 saturated heterocycles. The molecular weight excluding hydrogens is 204 g/mol. The Morgan fingerprint density at radius 2 is 1.35 bits per heavy atom. The molecule has 0 aromatic heterocycles. The molecule has 1 atom stereocenters. The molecule has 3 rings (SSSR count). The lowest BCUT2D eigenvalue weighted by Gasteiger charge is -2.37. The first-order chi connectivity index (χ1) is 8.28. The van der Waals surface area contributed by atoms with E-state index in [-0.39, 0.29) is 5.41 Å². The molecule has 0 nitrogen and oxygen atoms in total. The van der Waals surface area contributed by atoms with Gasteiger partial charge >= 0.3 is 0 Å². The third-order valence-corrected chi connectivity index (χ3v) is 3.63. The molecule has 84 valence electrons. The largest absolute Gasteiger partial charge is 0.0700 e. The summed E-state index contributed by atoms with van der Waals surface area (Å²) in [5.41, 5.74) is 4.48. The topological polar surface area (TPSA) is 0 Å². The van der Waals surface area contributed by atoms with Gasteiger partial charge in [0.15, 0.2) is 0 Å². The first-order valence-corrected chi connectivity index (χ1v) is 6.11. The quantitative estimate of drug-likeness (QED) is 0.702. The van der Waals surface area contributed by atoms with Crippen molar-refractivity contribution in [2.75, 3.05) is 0 Å². The Morgan fingerprint density at radius 1 is 0.824 bits per heavy atom. The summed E-state index contributed by atoms with van der Waals surface area (Å²) in [7, 11) is 0. The van der Waals surface area contributed by atoms with E-state index in [2.05, 4.69) is 73.7 Å². The smallest absolute Gasteiger partial charge is 0.0150 e. The van der Waals surface area contributed by atoms with Gasteiger partial charge in [0, 0.05) is 5.41 Å². The fraction of sp³-hybridized carbons (Fsp3) is 0.176. The van der Waals surface area contributed by atoms with E-state index in [9.17, 15) is 0 Å². The van der Waals surface area contributed by atoms with Crippen LogP contribution in [0.5, 0.6) is 0 Å². The minimum Gasteiger partial charge on any atom is -0.0700 e. The minimum atomic E-state index is 0.229. The Balaban J connectivity index is 1.90. The van der Waals surface area contributed by atoms with Gasteiger partial charge < -0.3 is 0 Å². The summed E-state index contributed by atoms with van der Waals surface area (Å²) in [6.45, 7) is 2.31. The van der Waals surface area contributed by atoms with Crippen LogP contribution in [0.15, 0.2) is 66.7 Å². The number of benzene rings is 2.